The van der Waals surface area contributed by atoms with Gasteiger partial charge in [0, 0.05) is 12.6 Å². The molecule has 0 aliphatic carbocycles. The molecule has 0 amide bonds. The van der Waals surface area contributed by atoms with Crippen molar-refractivity contribution in [3.63, 3.8) is 0 Å². The fourth-order valence-corrected chi connectivity index (χ4v) is 2.15. The highest BCUT2D eigenvalue weighted by molar-refractivity contribution is 5.14. The second kappa shape index (κ2) is 9.12. The molecule has 0 heterocycles. The molecular formula is C16H28N2. The van der Waals surface area contributed by atoms with Gasteiger partial charge in [-0.1, -0.05) is 57.0 Å². The summed E-state index contributed by atoms with van der Waals surface area (Å²) in [6.07, 6.45) is 4.64. The fourth-order valence-electron chi connectivity index (χ4n) is 2.15. The van der Waals surface area contributed by atoms with Gasteiger partial charge in [0.1, 0.15) is 0 Å². The van der Waals surface area contributed by atoms with Crippen molar-refractivity contribution in [3.8, 4) is 0 Å². The smallest absolute Gasteiger partial charge is 0.0168 e. The molecule has 2 nitrogen and oxygen atoms in total. The highest BCUT2D eigenvalue weighted by Crippen LogP contribution is 2.06. The summed E-state index contributed by atoms with van der Waals surface area (Å²) in [5.41, 5.74) is 7.51. The van der Waals surface area contributed by atoms with Gasteiger partial charge in [-0.15, -0.1) is 0 Å². The van der Waals surface area contributed by atoms with Crippen LogP contribution in [-0.4, -0.2) is 19.1 Å². The highest BCUT2D eigenvalue weighted by atomic mass is 14.9. The van der Waals surface area contributed by atoms with E-state index in [1.165, 1.54) is 18.4 Å². The summed E-state index contributed by atoms with van der Waals surface area (Å²) in [7, 11) is 0. The zero-order valence-electron chi connectivity index (χ0n) is 11.9. The van der Waals surface area contributed by atoms with Crippen LogP contribution in [0.4, 0.5) is 0 Å². The minimum atomic E-state index is 0.263. The van der Waals surface area contributed by atoms with Crippen molar-refractivity contribution in [1.29, 1.82) is 0 Å². The lowest BCUT2D eigenvalue weighted by Gasteiger charge is -2.16. The predicted octanol–water partition coefficient (Wildman–Crippen LogP) is 2.97. The van der Waals surface area contributed by atoms with Gasteiger partial charge in [0.05, 0.1) is 0 Å². The second-order valence-electron chi connectivity index (χ2n) is 5.13. The third kappa shape index (κ3) is 6.18. The first-order valence-electron chi connectivity index (χ1n) is 7.26. The predicted molar refractivity (Wildman–Crippen MR) is 79.7 cm³/mol. The van der Waals surface area contributed by atoms with E-state index in [0.717, 1.165) is 31.8 Å². The molecule has 18 heavy (non-hydrogen) atoms. The normalized spacial score (nSPS) is 12.9. The van der Waals surface area contributed by atoms with Crippen molar-refractivity contribution < 1.29 is 0 Å². The van der Waals surface area contributed by atoms with Crippen molar-refractivity contribution in [2.75, 3.05) is 13.1 Å². The van der Waals surface area contributed by atoms with Crippen LogP contribution in [-0.2, 0) is 6.42 Å². The molecule has 1 aromatic carbocycles. The van der Waals surface area contributed by atoms with E-state index in [4.69, 9.17) is 5.73 Å². The van der Waals surface area contributed by atoms with E-state index in [2.05, 4.69) is 49.5 Å². The Morgan fingerprint density at radius 1 is 1.06 bits per heavy atom. The molecule has 1 atom stereocenters. The van der Waals surface area contributed by atoms with E-state index < -0.39 is 0 Å². The van der Waals surface area contributed by atoms with Crippen molar-refractivity contribution in [3.05, 3.63) is 35.9 Å². The Morgan fingerprint density at radius 2 is 1.72 bits per heavy atom. The van der Waals surface area contributed by atoms with Gasteiger partial charge in [0.2, 0.25) is 0 Å². The van der Waals surface area contributed by atoms with Gasteiger partial charge < -0.3 is 11.1 Å². The molecule has 0 saturated carbocycles. The summed E-state index contributed by atoms with van der Waals surface area (Å²) in [6, 6.07) is 10.8. The quantitative estimate of drug-likeness (QED) is 0.705. The van der Waals surface area contributed by atoms with Crippen LogP contribution in [0.3, 0.4) is 0 Å². The Bertz CT molecular complexity index is 293. The molecule has 1 unspecified atom stereocenters. The van der Waals surface area contributed by atoms with Crippen molar-refractivity contribution in [2.24, 2.45) is 11.7 Å². The largest absolute Gasteiger partial charge is 0.327 e. The number of hydrogen-bond acceptors (Lipinski definition) is 2. The zero-order chi connectivity index (χ0) is 13.2. The second-order valence-corrected chi connectivity index (χ2v) is 5.13. The van der Waals surface area contributed by atoms with E-state index in [9.17, 15) is 0 Å². The Balaban J connectivity index is 2.12. The lowest BCUT2D eigenvalue weighted by atomic mass is 10.0. The summed E-state index contributed by atoms with van der Waals surface area (Å²) in [5, 5.41) is 3.50. The lowest BCUT2D eigenvalue weighted by Crippen LogP contribution is -2.36. The fraction of sp³-hybridized carbons (Fsp3) is 0.625. The molecule has 0 bridgehead atoms. The third-order valence-corrected chi connectivity index (χ3v) is 3.64. The number of hydrogen-bond donors (Lipinski definition) is 2. The molecule has 0 fully saturated rings. The summed E-state index contributed by atoms with van der Waals surface area (Å²) >= 11 is 0. The van der Waals surface area contributed by atoms with Gasteiger partial charge >= 0.3 is 0 Å². The number of benzene rings is 1. The molecule has 102 valence electrons. The van der Waals surface area contributed by atoms with E-state index in [1.807, 2.05) is 0 Å². The van der Waals surface area contributed by atoms with Crippen LogP contribution in [0.1, 0.15) is 38.7 Å². The summed E-state index contributed by atoms with van der Waals surface area (Å²) in [6.45, 7) is 6.55. The molecule has 0 radical (unpaired) electrons. The van der Waals surface area contributed by atoms with Gasteiger partial charge in [-0.3, -0.25) is 0 Å². The van der Waals surface area contributed by atoms with Crippen molar-refractivity contribution in [2.45, 2.75) is 45.6 Å². The molecule has 1 aromatic rings. The summed E-state index contributed by atoms with van der Waals surface area (Å²) < 4.78 is 0. The number of nitrogens with two attached hydrogens (primary N) is 1. The molecule has 0 spiro atoms. The standard InChI is InChI=1S/C16H28N2/c1-3-14(4-2)12-18-13-16(17)11-10-15-8-6-5-7-9-15/h5-9,14,16,18H,3-4,10-13,17H2,1-2H3. The first kappa shape index (κ1) is 15.2. The number of rotatable bonds is 9. The third-order valence-electron chi connectivity index (χ3n) is 3.64. The maximum atomic E-state index is 6.13. The molecule has 0 saturated heterocycles. The molecular weight excluding hydrogens is 220 g/mol. The molecule has 2 heteroatoms. The van der Waals surface area contributed by atoms with Gasteiger partial charge in [0.25, 0.3) is 0 Å². The van der Waals surface area contributed by atoms with Crippen molar-refractivity contribution >= 4 is 0 Å². The average molecular weight is 248 g/mol. The molecule has 0 aliphatic rings. The van der Waals surface area contributed by atoms with Crippen LogP contribution in [0.25, 0.3) is 0 Å². The van der Waals surface area contributed by atoms with Gasteiger partial charge in [0.15, 0.2) is 0 Å². The zero-order valence-corrected chi connectivity index (χ0v) is 11.9. The Morgan fingerprint density at radius 3 is 2.33 bits per heavy atom. The van der Waals surface area contributed by atoms with E-state index in [1.54, 1.807) is 0 Å². The number of nitrogens with one attached hydrogen (secondary N) is 1. The average Bonchev–Trinajstić information content (AvgIpc) is 2.42. The van der Waals surface area contributed by atoms with Gasteiger partial charge in [-0.25, -0.2) is 0 Å². The maximum absolute atomic E-state index is 6.13. The van der Waals surface area contributed by atoms with Crippen LogP contribution in [0, 0.1) is 5.92 Å². The summed E-state index contributed by atoms with van der Waals surface area (Å²) in [4.78, 5) is 0. The minimum Gasteiger partial charge on any atom is -0.327 e. The van der Waals surface area contributed by atoms with E-state index in [-0.39, 0.29) is 6.04 Å². The van der Waals surface area contributed by atoms with E-state index in [0.29, 0.717) is 0 Å². The highest BCUT2D eigenvalue weighted by Gasteiger charge is 2.05. The SMILES string of the molecule is CCC(CC)CNCC(N)CCc1ccccc1. The lowest BCUT2D eigenvalue weighted by molar-refractivity contribution is 0.432. The minimum absolute atomic E-state index is 0.263. The molecule has 3 N–H and O–H groups in total. The molecule has 0 aromatic heterocycles. The number of aryl methyl sites for hydroxylation is 1. The topological polar surface area (TPSA) is 38.0 Å². The maximum Gasteiger partial charge on any atom is 0.0168 e. The Kier molecular flexibility index (Phi) is 7.70. The van der Waals surface area contributed by atoms with Crippen LogP contribution in [0.2, 0.25) is 0 Å². The van der Waals surface area contributed by atoms with Crippen LogP contribution < -0.4 is 11.1 Å². The monoisotopic (exact) mass is 248 g/mol. The van der Waals surface area contributed by atoms with Crippen molar-refractivity contribution in [1.82, 2.24) is 5.32 Å². The van der Waals surface area contributed by atoms with E-state index >= 15 is 0 Å². The molecule has 1 rings (SSSR count). The Hall–Kier alpha value is -0.860. The Labute approximate surface area is 112 Å². The first-order valence-corrected chi connectivity index (χ1v) is 7.26. The van der Waals surface area contributed by atoms with Crippen LogP contribution in [0.15, 0.2) is 30.3 Å². The first-order chi connectivity index (χ1) is 8.76. The van der Waals surface area contributed by atoms with Crippen LogP contribution >= 0.6 is 0 Å². The molecule has 0 aliphatic heterocycles. The van der Waals surface area contributed by atoms with Crippen LogP contribution in [0.5, 0.6) is 0 Å². The van der Waals surface area contributed by atoms with Gasteiger partial charge in [-0.2, -0.15) is 0 Å². The summed E-state index contributed by atoms with van der Waals surface area (Å²) in [5.74, 6) is 0.798. The van der Waals surface area contributed by atoms with Gasteiger partial charge in [-0.05, 0) is 30.9 Å².